The van der Waals surface area contributed by atoms with Crippen LogP contribution in [0.1, 0.15) is 11.1 Å². The molecule has 2 heteroatoms. The van der Waals surface area contributed by atoms with E-state index >= 15 is 0 Å². The summed E-state index contributed by atoms with van der Waals surface area (Å²) in [5.41, 5.74) is 7.67. The van der Waals surface area contributed by atoms with E-state index in [2.05, 4.69) is 79.2 Å². The second-order valence-electron chi connectivity index (χ2n) is 7.51. The van der Waals surface area contributed by atoms with Gasteiger partial charge in [0.25, 0.3) is 0 Å². The average molecular weight is 373 g/mol. The van der Waals surface area contributed by atoms with Crippen LogP contribution in [0.3, 0.4) is 0 Å². The van der Waals surface area contributed by atoms with Crippen molar-refractivity contribution in [2.24, 2.45) is 0 Å². The highest BCUT2D eigenvalue weighted by atomic mass is 16.3. The Hall–Kier alpha value is -3.78. The molecule has 2 heterocycles. The normalized spacial score (nSPS) is 11.8. The first-order valence-electron chi connectivity index (χ1n) is 9.84. The SMILES string of the molecule is C=Cc1ccccc1-c1[nH]c2c(c1C)c1ccccc1c1oc3ccccc3c21. The van der Waals surface area contributed by atoms with Gasteiger partial charge in [-0.2, -0.15) is 0 Å². The summed E-state index contributed by atoms with van der Waals surface area (Å²) in [6.45, 7) is 6.21. The molecule has 0 unspecified atom stereocenters. The lowest BCUT2D eigenvalue weighted by Crippen LogP contribution is -1.84. The lowest BCUT2D eigenvalue weighted by Gasteiger charge is -2.05. The third kappa shape index (κ3) is 2.11. The van der Waals surface area contributed by atoms with Crippen LogP contribution in [-0.2, 0) is 0 Å². The molecule has 0 aliphatic carbocycles. The summed E-state index contributed by atoms with van der Waals surface area (Å²) in [5, 5.41) is 5.92. The second kappa shape index (κ2) is 5.86. The summed E-state index contributed by atoms with van der Waals surface area (Å²) in [6, 6.07) is 25.2. The molecule has 0 saturated carbocycles. The molecular formula is C27H19NO. The molecule has 0 bridgehead atoms. The summed E-state index contributed by atoms with van der Waals surface area (Å²) >= 11 is 0. The van der Waals surface area contributed by atoms with Gasteiger partial charge in [-0.3, -0.25) is 0 Å². The number of H-pyrrole nitrogens is 1. The van der Waals surface area contributed by atoms with Gasteiger partial charge in [0.05, 0.1) is 16.6 Å². The number of hydrogen-bond donors (Lipinski definition) is 1. The number of fused-ring (bicyclic) bond motifs is 8. The van der Waals surface area contributed by atoms with Crippen molar-refractivity contribution in [3.05, 3.63) is 90.5 Å². The Labute approximate surface area is 168 Å². The Balaban J connectivity index is 1.89. The van der Waals surface area contributed by atoms with Crippen LogP contribution in [0.25, 0.3) is 60.9 Å². The monoisotopic (exact) mass is 373 g/mol. The van der Waals surface area contributed by atoms with Crippen molar-refractivity contribution in [1.29, 1.82) is 0 Å². The number of aromatic nitrogens is 1. The van der Waals surface area contributed by atoms with Gasteiger partial charge in [0, 0.05) is 21.7 Å². The number of aryl methyl sites for hydroxylation is 1. The molecule has 2 aromatic heterocycles. The van der Waals surface area contributed by atoms with Crippen molar-refractivity contribution >= 4 is 49.7 Å². The van der Waals surface area contributed by atoms with Gasteiger partial charge >= 0.3 is 0 Å². The fraction of sp³-hybridized carbons (Fsp3) is 0.0370. The number of hydrogen-bond acceptors (Lipinski definition) is 1. The third-order valence-electron chi connectivity index (χ3n) is 5.99. The zero-order valence-corrected chi connectivity index (χ0v) is 16.1. The lowest BCUT2D eigenvalue weighted by atomic mass is 9.97. The first-order valence-corrected chi connectivity index (χ1v) is 9.84. The summed E-state index contributed by atoms with van der Waals surface area (Å²) in [6.07, 6.45) is 1.92. The molecular weight excluding hydrogens is 354 g/mol. The second-order valence-corrected chi connectivity index (χ2v) is 7.51. The van der Waals surface area contributed by atoms with Crippen LogP contribution >= 0.6 is 0 Å². The maximum absolute atomic E-state index is 6.34. The van der Waals surface area contributed by atoms with Crippen molar-refractivity contribution in [3.63, 3.8) is 0 Å². The largest absolute Gasteiger partial charge is 0.455 e. The van der Waals surface area contributed by atoms with Crippen LogP contribution < -0.4 is 0 Å². The molecule has 29 heavy (non-hydrogen) atoms. The zero-order valence-electron chi connectivity index (χ0n) is 16.1. The van der Waals surface area contributed by atoms with E-state index in [-0.39, 0.29) is 0 Å². The summed E-state index contributed by atoms with van der Waals surface area (Å²) < 4.78 is 6.34. The summed E-state index contributed by atoms with van der Waals surface area (Å²) in [5.74, 6) is 0. The number of aromatic amines is 1. The minimum Gasteiger partial charge on any atom is -0.455 e. The van der Waals surface area contributed by atoms with Crippen LogP contribution in [0, 0.1) is 6.92 Å². The minimum absolute atomic E-state index is 0.917. The highest BCUT2D eigenvalue weighted by molar-refractivity contribution is 6.30. The molecule has 0 atom stereocenters. The van der Waals surface area contributed by atoms with Gasteiger partial charge in [0.15, 0.2) is 0 Å². The van der Waals surface area contributed by atoms with E-state index in [4.69, 9.17) is 4.42 Å². The molecule has 0 radical (unpaired) electrons. The fourth-order valence-corrected chi connectivity index (χ4v) is 4.67. The molecule has 0 spiro atoms. The zero-order chi connectivity index (χ0) is 19.5. The number of benzene rings is 4. The molecule has 6 rings (SSSR count). The first-order chi connectivity index (χ1) is 14.3. The van der Waals surface area contributed by atoms with Gasteiger partial charge < -0.3 is 9.40 Å². The predicted octanol–water partition coefficient (Wildman–Crippen LogP) is 7.84. The van der Waals surface area contributed by atoms with E-state index in [1.54, 1.807) is 0 Å². The quantitative estimate of drug-likeness (QED) is 0.329. The highest BCUT2D eigenvalue weighted by Gasteiger charge is 2.20. The highest BCUT2D eigenvalue weighted by Crippen LogP contribution is 2.44. The van der Waals surface area contributed by atoms with Gasteiger partial charge in [0.2, 0.25) is 0 Å². The smallest absolute Gasteiger partial charge is 0.145 e. The average Bonchev–Trinajstić information content (AvgIpc) is 3.32. The fourth-order valence-electron chi connectivity index (χ4n) is 4.67. The van der Waals surface area contributed by atoms with Crippen molar-refractivity contribution < 1.29 is 4.42 Å². The van der Waals surface area contributed by atoms with Crippen LogP contribution in [-0.4, -0.2) is 4.98 Å². The van der Waals surface area contributed by atoms with Gasteiger partial charge in [0.1, 0.15) is 11.2 Å². The Morgan fingerprint density at radius 1 is 0.793 bits per heavy atom. The number of rotatable bonds is 2. The van der Waals surface area contributed by atoms with E-state index in [9.17, 15) is 0 Å². The topological polar surface area (TPSA) is 28.9 Å². The molecule has 4 aromatic carbocycles. The van der Waals surface area contributed by atoms with Gasteiger partial charge in [-0.15, -0.1) is 0 Å². The molecule has 0 amide bonds. The summed E-state index contributed by atoms with van der Waals surface area (Å²) in [4.78, 5) is 3.76. The Kier molecular flexibility index (Phi) is 3.27. The first kappa shape index (κ1) is 16.2. The van der Waals surface area contributed by atoms with Gasteiger partial charge in [-0.05, 0) is 29.5 Å². The maximum atomic E-state index is 6.34. The van der Waals surface area contributed by atoms with Crippen molar-refractivity contribution in [2.75, 3.05) is 0 Å². The Bertz CT molecular complexity index is 1580. The van der Waals surface area contributed by atoms with Crippen LogP contribution in [0.2, 0.25) is 0 Å². The molecule has 6 aromatic rings. The molecule has 0 aliphatic heterocycles. The number of nitrogens with one attached hydrogen (secondary N) is 1. The molecule has 0 saturated heterocycles. The standard InChI is InChI=1S/C27H19NO/c1-3-17-10-4-5-11-18(17)25-16(2)23-19-12-6-7-13-20(19)27-24(26(23)28-25)21-14-8-9-15-22(21)29-27/h3-15,28H,1H2,2H3. The van der Waals surface area contributed by atoms with Gasteiger partial charge in [-0.25, -0.2) is 0 Å². The van der Waals surface area contributed by atoms with Crippen LogP contribution in [0.4, 0.5) is 0 Å². The Morgan fingerprint density at radius 2 is 1.48 bits per heavy atom. The molecule has 138 valence electrons. The minimum atomic E-state index is 0.917. The Morgan fingerprint density at radius 3 is 2.31 bits per heavy atom. The number of furan rings is 1. The predicted molar refractivity (Wildman–Crippen MR) is 123 cm³/mol. The van der Waals surface area contributed by atoms with Crippen molar-refractivity contribution in [2.45, 2.75) is 6.92 Å². The van der Waals surface area contributed by atoms with Crippen molar-refractivity contribution in [3.8, 4) is 11.3 Å². The van der Waals surface area contributed by atoms with E-state index in [1.165, 1.54) is 21.9 Å². The maximum Gasteiger partial charge on any atom is 0.145 e. The van der Waals surface area contributed by atoms with Crippen molar-refractivity contribution in [1.82, 2.24) is 4.98 Å². The molecule has 0 fully saturated rings. The third-order valence-corrected chi connectivity index (χ3v) is 5.99. The van der Waals surface area contributed by atoms with E-state index in [1.807, 2.05) is 18.2 Å². The van der Waals surface area contributed by atoms with E-state index < -0.39 is 0 Å². The number of para-hydroxylation sites is 1. The van der Waals surface area contributed by atoms with E-state index in [0.29, 0.717) is 0 Å². The molecule has 0 aliphatic rings. The lowest BCUT2D eigenvalue weighted by molar-refractivity contribution is 0.673. The van der Waals surface area contributed by atoms with Crippen LogP contribution in [0.5, 0.6) is 0 Å². The van der Waals surface area contributed by atoms with Gasteiger partial charge in [-0.1, -0.05) is 79.4 Å². The van der Waals surface area contributed by atoms with Crippen LogP contribution in [0.15, 0.2) is 83.8 Å². The van der Waals surface area contributed by atoms with E-state index in [0.717, 1.165) is 44.1 Å². The molecule has 1 N–H and O–H groups in total. The molecule has 2 nitrogen and oxygen atoms in total. The summed E-state index contributed by atoms with van der Waals surface area (Å²) in [7, 11) is 0.